The average Bonchev–Trinajstić information content (AvgIpc) is 3.44. The second-order valence-corrected chi connectivity index (χ2v) is 7.28. The topological polar surface area (TPSA) is 58.2 Å². The third-order valence-electron chi connectivity index (χ3n) is 5.09. The Balaban J connectivity index is 1.55. The zero-order valence-corrected chi connectivity index (χ0v) is 13.9. The molecule has 124 valence electrons. The van der Waals surface area contributed by atoms with Crippen LogP contribution in [0.15, 0.2) is 30.3 Å². The third-order valence-corrected chi connectivity index (χ3v) is 5.09. The molecule has 0 heterocycles. The molecule has 0 bridgehead atoms. The van der Waals surface area contributed by atoms with Crippen LogP contribution in [-0.4, -0.2) is 24.4 Å². The summed E-state index contributed by atoms with van der Waals surface area (Å²) in [5.41, 5.74) is 1.18. The molecule has 2 aliphatic carbocycles. The van der Waals surface area contributed by atoms with Crippen molar-refractivity contribution in [1.29, 1.82) is 0 Å². The van der Waals surface area contributed by atoms with Crippen LogP contribution in [0.3, 0.4) is 0 Å². The van der Waals surface area contributed by atoms with Gasteiger partial charge in [-0.2, -0.15) is 0 Å². The van der Waals surface area contributed by atoms with Gasteiger partial charge in [0.2, 0.25) is 11.8 Å². The van der Waals surface area contributed by atoms with Crippen LogP contribution in [0.1, 0.15) is 32.3 Å². The van der Waals surface area contributed by atoms with Gasteiger partial charge in [-0.05, 0) is 36.7 Å². The van der Waals surface area contributed by atoms with Crippen molar-refractivity contribution >= 4 is 11.8 Å². The number of rotatable bonds is 7. The molecule has 2 N–H and O–H groups in total. The lowest BCUT2D eigenvalue weighted by Crippen LogP contribution is -2.46. The number of nitrogens with one attached hydrogen (secondary N) is 2. The van der Waals surface area contributed by atoms with Crippen LogP contribution in [0.4, 0.5) is 0 Å². The van der Waals surface area contributed by atoms with E-state index >= 15 is 0 Å². The fourth-order valence-electron chi connectivity index (χ4n) is 3.11. The maximum atomic E-state index is 12.2. The van der Waals surface area contributed by atoms with E-state index in [-0.39, 0.29) is 29.7 Å². The highest BCUT2D eigenvalue weighted by molar-refractivity contribution is 5.82. The normalized spacial score (nSPS) is 29.5. The molecule has 4 heteroatoms. The van der Waals surface area contributed by atoms with Gasteiger partial charge in [-0.25, -0.2) is 0 Å². The molecule has 23 heavy (non-hydrogen) atoms. The second kappa shape index (κ2) is 6.73. The van der Waals surface area contributed by atoms with Crippen molar-refractivity contribution in [3.63, 3.8) is 0 Å². The van der Waals surface area contributed by atoms with Gasteiger partial charge in [0.15, 0.2) is 0 Å². The Bertz CT molecular complexity index is 572. The molecule has 3 rings (SSSR count). The fraction of sp³-hybridized carbons (Fsp3) is 0.579. The maximum Gasteiger partial charge on any atom is 0.223 e. The second-order valence-electron chi connectivity index (χ2n) is 7.28. The molecule has 0 aliphatic heterocycles. The Kier molecular flexibility index (Phi) is 4.69. The largest absolute Gasteiger partial charge is 0.354 e. The lowest BCUT2D eigenvalue weighted by atomic mass is 10.1. The molecule has 2 amide bonds. The highest BCUT2D eigenvalue weighted by atomic mass is 16.2. The molecule has 2 saturated carbocycles. The third kappa shape index (κ3) is 4.34. The molecule has 1 aromatic carbocycles. The lowest BCUT2D eigenvalue weighted by molar-refractivity contribution is -0.125. The van der Waals surface area contributed by atoms with Gasteiger partial charge in [0.1, 0.15) is 0 Å². The Hall–Kier alpha value is -1.84. The molecule has 0 spiro atoms. The number of amides is 2. The van der Waals surface area contributed by atoms with Crippen molar-refractivity contribution in [2.75, 3.05) is 6.54 Å². The summed E-state index contributed by atoms with van der Waals surface area (Å²) in [7, 11) is 0. The molecular weight excluding hydrogens is 288 g/mol. The number of carbonyl (C=O) groups excluding carboxylic acids is 2. The first kappa shape index (κ1) is 16.0. The van der Waals surface area contributed by atoms with Crippen LogP contribution in [0.5, 0.6) is 0 Å². The summed E-state index contributed by atoms with van der Waals surface area (Å²) in [6.07, 6.45) is 2.71. The summed E-state index contributed by atoms with van der Waals surface area (Å²) >= 11 is 0. The first-order chi connectivity index (χ1) is 11.0. The van der Waals surface area contributed by atoms with Crippen molar-refractivity contribution in [2.24, 2.45) is 23.7 Å². The Labute approximate surface area is 138 Å². The first-order valence-corrected chi connectivity index (χ1v) is 8.66. The van der Waals surface area contributed by atoms with Crippen LogP contribution < -0.4 is 10.6 Å². The standard InChI is InChI=1S/C19H26N2O2/c1-12-8-16(12)18(22)20-11-15(10-14-6-4-3-5-7-14)21-19(23)17-9-13(17)2/h3-7,12-13,15-17H,8-11H2,1-2H3,(H,20,22)(H,21,23). The fourth-order valence-corrected chi connectivity index (χ4v) is 3.11. The van der Waals surface area contributed by atoms with E-state index in [0.29, 0.717) is 18.4 Å². The SMILES string of the molecule is CC1CC1C(=O)NCC(Cc1ccccc1)NC(=O)C1CC1C. The molecule has 0 radical (unpaired) electrons. The van der Waals surface area contributed by atoms with Gasteiger partial charge in [0.05, 0.1) is 6.04 Å². The summed E-state index contributed by atoms with van der Waals surface area (Å²) in [5.74, 6) is 1.59. The molecule has 0 aromatic heterocycles. The van der Waals surface area contributed by atoms with E-state index in [9.17, 15) is 9.59 Å². The predicted octanol–water partition coefficient (Wildman–Crippen LogP) is 2.14. The summed E-state index contributed by atoms with van der Waals surface area (Å²) in [6, 6.07) is 10.1. The molecule has 5 unspecified atom stereocenters. The van der Waals surface area contributed by atoms with Gasteiger partial charge in [-0.15, -0.1) is 0 Å². The number of carbonyl (C=O) groups is 2. The lowest BCUT2D eigenvalue weighted by Gasteiger charge is -2.20. The van der Waals surface area contributed by atoms with E-state index in [4.69, 9.17) is 0 Å². The van der Waals surface area contributed by atoms with E-state index in [1.54, 1.807) is 0 Å². The van der Waals surface area contributed by atoms with E-state index in [2.05, 4.69) is 36.6 Å². The van der Waals surface area contributed by atoms with Crippen molar-refractivity contribution < 1.29 is 9.59 Å². The minimum absolute atomic E-state index is 0.0456. The summed E-state index contributed by atoms with van der Waals surface area (Å²) in [4.78, 5) is 24.3. The van der Waals surface area contributed by atoms with Gasteiger partial charge in [-0.3, -0.25) is 9.59 Å². The molecule has 2 fully saturated rings. The van der Waals surface area contributed by atoms with Crippen LogP contribution in [0.2, 0.25) is 0 Å². The van der Waals surface area contributed by atoms with Crippen molar-refractivity contribution in [2.45, 2.75) is 39.2 Å². The number of benzene rings is 1. The highest BCUT2D eigenvalue weighted by Crippen LogP contribution is 2.38. The van der Waals surface area contributed by atoms with Gasteiger partial charge >= 0.3 is 0 Å². The molecule has 1 aromatic rings. The number of hydrogen-bond acceptors (Lipinski definition) is 2. The Morgan fingerprint density at radius 2 is 1.61 bits per heavy atom. The van der Waals surface area contributed by atoms with Crippen molar-refractivity contribution in [1.82, 2.24) is 10.6 Å². The summed E-state index contributed by atoms with van der Waals surface area (Å²) in [6.45, 7) is 4.71. The highest BCUT2D eigenvalue weighted by Gasteiger charge is 2.40. The molecule has 2 aliphatic rings. The van der Waals surface area contributed by atoms with Crippen LogP contribution >= 0.6 is 0 Å². The zero-order chi connectivity index (χ0) is 16.4. The first-order valence-electron chi connectivity index (χ1n) is 8.66. The van der Waals surface area contributed by atoms with Crippen LogP contribution in [0, 0.1) is 23.7 Å². The molecule has 0 saturated heterocycles. The van der Waals surface area contributed by atoms with E-state index in [0.717, 1.165) is 19.3 Å². The quantitative estimate of drug-likeness (QED) is 0.810. The minimum Gasteiger partial charge on any atom is -0.354 e. The predicted molar refractivity (Wildman–Crippen MR) is 89.6 cm³/mol. The van der Waals surface area contributed by atoms with Crippen molar-refractivity contribution in [3.05, 3.63) is 35.9 Å². The molecular formula is C19H26N2O2. The van der Waals surface area contributed by atoms with Crippen LogP contribution in [-0.2, 0) is 16.0 Å². The minimum atomic E-state index is -0.0456. The Morgan fingerprint density at radius 1 is 1.04 bits per heavy atom. The van der Waals surface area contributed by atoms with Crippen molar-refractivity contribution in [3.8, 4) is 0 Å². The van der Waals surface area contributed by atoms with Gasteiger partial charge in [0.25, 0.3) is 0 Å². The van der Waals surface area contributed by atoms with E-state index in [1.165, 1.54) is 5.56 Å². The van der Waals surface area contributed by atoms with Gasteiger partial charge in [0, 0.05) is 18.4 Å². The smallest absolute Gasteiger partial charge is 0.223 e. The Morgan fingerprint density at radius 3 is 2.17 bits per heavy atom. The van der Waals surface area contributed by atoms with E-state index < -0.39 is 0 Å². The maximum absolute atomic E-state index is 12.2. The van der Waals surface area contributed by atoms with E-state index in [1.807, 2.05) is 18.2 Å². The average molecular weight is 314 g/mol. The van der Waals surface area contributed by atoms with Gasteiger partial charge in [-0.1, -0.05) is 44.2 Å². The zero-order valence-electron chi connectivity index (χ0n) is 13.9. The summed E-state index contributed by atoms with van der Waals surface area (Å²) in [5, 5.41) is 6.15. The van der Waals surface area contributed by atoms with Gasteiger partial charge < -0.3 is 10.6 Å². The molecule has 4 nitrogen and oxygen atoms in total. The monoisotopic (exact) mass is 314 g/mol. The van der Waals surface area contributed by atoms with Crippen LogP contribution in [0.25, 0.3) is 0 Å². The molecule has 5 atom stereocenters. The number of hydrogen-bond donors (Lipinski definition) is 2. The summed E-state index contributed by atoms with van der Waals surface area (Å²) < 4.78 is 0.